The molecule has 0 saturated carbocycles. The summed E-state index contributed by atoms with van der Waals surface area (Å²) in [5.41, 5.74) is 5.37. The van der Waals surface area contributed by atoms with E-state index >= 15 is 0 Å². The Kier molecular flexibility index (Phi) is 4.99. The second-order valence-corrected chi connectivity index (χ2v) is 4.39. The third-order valence-corrected chi connectivity index (χ3v) is 3.37. The third kappa shape index (κ3) is 3.99. The average Bonchev–Trinajstić information content (AvgIpc) is 2.07. The van der Waals surface area contributed by atoms with Crippen LogP contribution in [0.4, 0.5) is 0 Å². The monoisotopic (exact) mass is 174 g/mol. The van der Waals surface area contributed by atoms with Gasteiger partial charge in [-0.3, -0.25) is 0 Å². The normalized spacial score (nSPS) is 25.4. The number of hydrogen-bond donors (Lipinski definition) is 2. The maximum absolute atomic E-state index is 5.37. The summed E-state index contributed by atoms with van der Waals surface area (Å²) in [5, 5.41) is 4.22. The van der Waals surface area contributed by atoms with E-state index in [1.165, 1.54) is 25.0 Å². The van der Waals surface area contributed by atoms with Gasteiger partial charge in [-0.2, -0.15) is 11.8 Å². The fourth-order valence-corrected chi connectivity index (χ4v) is 2.61. The van der Waals surface area contributed by atoms with Crippen molar-refractivity contribution in [2.75, 3.05) is 25.4 Å². The number of nitrogens with two attached hydrogens (primary N) is 1. The van der Waals surface area contributed by atoms with Crippen molar-refractivity contribution in [3.05, 3.63) is 0 Å². The molecule has 0 aromatic heterocycles. The molecule has 2 nitrogen and oxygen atoms in total. The standard InChI is InChI=1S/C8H18N2S/c9-4-5-10-7-8-3-1-2-6-11-8/h8,10H,1-7,9H2. The number of hydrogen-bond acceptors (Lipinski definition) is 3. The zero-order valence-electron chi connectivity index (χ0n) is 7.01. The van der Waals surface area contributed by atoms with Crippen LogP contribution < -0.4 is 11.1 Å². The molecule has 1 aliphatic rings. The number of rotatable bonds is 4. The van der Waals surface area contributed by atoms with E-state index in [2.05, 4.69) is 17.1 Å². The van der Waals surface area contributed by atoms with Crippen LogP contribution in [-0.2, 0) is 0 Å². The summed E-state index contributed by atoms with van der Waals surface area (Å²) in [6.45, 7) is 2.89. The first-order valence-corrected chi connectivity index (χ1v) is 5.50. The van der Waals surface area contributed by atoms with Gasteiger partial charge in [0.1, 0.15) is 0 Å². The summed E-state index contributed by atoms with van der Waals surface area (Å²) in [6, 6.07) is 0. The van der Waals surface area contributed by atoms with E-state index in [-0.39, 0.29) is 0 Å². The highest BCUT2D eigenvalue weighted by Crippen LogP contribution is 2.23. The van der Waals surface area contributed by atoms with E-state index in [0.29, 0.717) is 0 Å². The summed E-state index contributed by atoms with van der Waals surface area (Å²) >= 11 is 2.11. The van der Waals surface area contributed by atoms with Gasteiger partial charge in [0, 0.05) is 24.9 Å². The van der Waals surface area contributed by atoms with Crippen molar-refractivity contribution in [1.29, 1.82) is 0 Å². The molecule has 3 heteroatoms. The minimum Gasteiger partial charge on any atom is -0.329 e. The van der Waals surface area contributed by atoms with Gasteiger partial charge in [-0.15, -0.1) is 0 Å². The molecule has 66 valence electrons. The van der Waals surface area contributed by atoms with Gasteiger partial charge in [-0.05, 0) is 18.6 Å². The zero-order valence-corrected chi connectivity index (χ0v) is 7.83. The Bertz CT molecular complexity index is 92.1. The van der Waals surface area contributed by atoms with Gasteiger partial charge in [0.2, 0.25) is 0 Å². The molecule has 0 amide bonds. The van der Waals surface area contributed by atoms with Gasteiger partial charge in [-0.25, -0.2) is 0 Å². The van der Waals surface area contributed by atoms with Crippen molar-refractivity contribution in [2.24, 2.45) is 5.73 Å². The molecule has 1 fully saturated rings. The van der Waals surface area contributed by atoms with Crippen molar-refractivity contribution in [2.45, 2.75) is 24.5 Å². The van der Waals surface area contributed by atoms with E-state index in [1.54, 1.807) is 0 Å². The molecule has 0 aromatic rings. The maximum atomic E-state index is 5.37. The van der Waals surface area contributed by atoms with Crippen molar-refractivity contribution in [3.63, 3.8) is 0 Å². The Morgan fingerprint density at radius 2 is 2.36 bits per heavy atom. The SMILES string of the molecule is NCCNCC1CCCCS1. The quantitative estimate of drug-likeness (QED) is 0.620. The lowest BCUT2D eigenvalue weighted by molar-refractivity contribution is 0.601. The first kappa shape index (κ1) is 9.36. The van der Waals surface area contributed by atoms with Gasteiger partial charge in [0.05, 0.1) is 0 Å². The van der Waals surface area contributed by atoms with Gasteiger partial charge in [0.25, 0.3) is 0 Å². The highest BCUT2D eigenvalue weighted by molar-refractivity contribution is 7.99. The lowest BCUT2D eigenvalue weighted by atomic mass is 10.2. The molecule has 3 N–H and O–H groups in total. The molecule has 1 aliphatic heterocycles. The predicted octanol–water partition coefficient (Wildman–Crippen LogP) is 0.820. The van der Waals surface area contributed by atoms with Crippen LogP contribution in [0.3, 0.4) is 0 Å². The lowest BCUT2D eigenvalue weighted by Gasteiger charge is -2.21. The Labute approximate surface area is 73.3 Å². The first-order valence-electron chi connectivity index (χ1n) is 4.46. The van der Waals surface area contributed by atoms with E-state index in [4.69, 9.17) is 5.73 Å². The second kappa shape index (κ2) is 5.86. The molecule has 1 unspecified atom stereocenters. The lowest BCUT2D eigenvalue weighted by Crippen LogP contribution is -2.30. The Balaban J connectivity index is 1.96. The number of thioether (sulfide) groups is 1. The topological polar surface area (TPSA) is 38.0 Å². The molecule has 1 rings (SSSR count). The third-order valence-electron chi connectivity index (χ3n) is 1.97. The van der Waals surface area contributed by atoms with E-state index in [1.807, 2.05) is 0 Å². The molecule has 0 spiro atoms. The predicted molar refractivity (Wildman–Crippen MR) is 52.0 cm³/mol. The summed E-state index contributed by atoms with van der Waals surface area (Å²) in [4.78, 5) is 0. The molecular weight excluding hydrogens is 156 g/mol. The summed E-state index contributed by atoms with van der Waals surface area (Å²) < 4.78 is 0. The van der Waals surface area contributed by atoms with E-state index in [0.717, 1.165) is 24.9 Å². The largest absolute Gasteiger partial charge is 0.329 e. The molecule has 0 radical (unpaired) electrons. The van der Waals surface area contributed by atoms with Crippen LogP contribution in [0.1, 0.15) is 19.3 Å². The van der Waals surface area contributed by atoms with Crippen LogP contribution in [0.5, 0.6) is 0 Å². The molecular formula is C8H18N2S. The average molecular weight is 174 g/mol. The van der Waals surface area contributed by atoms with Gasteiger partial charge in [0.15, 0.2) is 0 Å². The molecule has 1 atom stereocenters. The van der Waals surface area contributed by atoms with Gasteiger partial charge >= 0.3 is 0 Å². The Morgan fingerprint density at radius 1 is 1.45 bits per heavy atom. The molecule has 0 bridgehead atoms. The fraction of sp³-hybridized carbons (Fsp3) is 1.00. The highest BCUT2D eigenvalue weighted by atomic mass is 32.2. The molecule has 0 aliphatic carbocycles. The van der Waals surface area contributed by atoms with E-state index in [9.17, 15) is 0 Å². The Hall–Kier alpha value is 0.270. The minimum atomic E-state index is 0.761. The van der Waals surface area contributed by atoms with Crippen molar-refractivity contribution in [3.8, 4) is 0 Å². The van der Waals surface area contributed by atoms with E-state index < -0.39 is 0 Å². The van der Waals surface area contributed by atoms with Crippen LogP contribution in [0.2, 0.25) is 0 Å². The summed E-state index contributed by atoms with van der Waals surface area (Å²) in [7, 11) is 0. The summed E-state index contributed by atoms with van der Waals surface area (Å²) in [5.74, 6) is 1.36. The van der Waals surface area contributed by atoms with Crippen LogP contribution in [0, 0.1) is 0 Å². The maximum Gasteiger partial charge on any atom is 0.0172 e. The van der Waals surface area contributed by atoms with Crippen molar-refractivity contribution in [1.82, 2.24) is 5.32 Å². The highest BCUT2D eigenvalue weighted by Gasteiger charge is 2.12. The number of nitrogens with one attached hydrogen (secondary N) is 1. The fourth-order valence-electron chi connectivity index (χ4n) is 1.33. The van der Waals surface area contributed by atoms with Gasteiger partial charge < -0.3 is 11.1 Å². The van der Waals surface area contributed by atoms with Gasteiger partial charge in [-0.1, -0.05) is 6.42 Å². The molecule has 1 heterocycles. The van der Waals surface area contributed by atoms with Crippen molar-refractivity contribution < 1.29 is 0 Å². The van der Waals surface area contributed by atoms with Crippen molar-refractivity contribution >= 4 is 11.8 Å². The van der Waals surface area contributed by atoms with Crippen LogP contribution in [-0.4, -0.2) is 30.6 Å². The molecule has 11 heavy (non-hydrogen) atoms. The molecule has 1 saturated heterocycles. The van der Waals surface area contributed by atoms with Crippen LogP contribution in [0.25, 0.3) is 0 Å². The zero-order chi connectivity index (χ0) is 7.94. The van der Waals surface area contributed by atoms with Crippen LogP contribution in [0.15, 0.2) is 0 Å². The first-order chi connectivity index (χ1) is 5.43. The summed E-state index contributed by atoms with van der Waals surface area (Å²) in [6.07, 6.45) is 4.22. The Morgan fingerprint density at radius 3 is 3.00 bits per heavy atom. The second-order valence-electron chi connectivity index (χ2n) is 2.98. The minimum absolute atomic E-state index is 0.761. The smallest absolute Gasteiger partial charge is 0.0172 e. The molecule has 0 aromatic carbocycles. The van der Waals surface area contributed by atoms with Crippen LogP contribution >= 0.6 is 11.8 Å².